The van der Waals surface area contributed by atoms with E-state index in [2.05, 4.69) is 20.3 Å². The maximum atomic E-state index is 13.3. The van der Waals surface area contributed by atoms with E-state index in [1.807, 2.05) is 36.9 Å². The van der Waals surface area contributed by atoms with Gasteiger partial charge in [-0.2, -0.15) is 0 Å². The SMILES string of the molecule is COc1cc(-c2ccc(F)cc2)cc2c(NC(C)c3cn(C)cn3)ncnc12. The second-order valence-electron chi connectivity index (χ2n) is 6.63. The van der Waals surface area contributed by atoms with E-state index in [9.17, 15) is 4.39 Å². The first-order valence-corrected chi connectivity index (χ1v) is 8.88. The Morgan fingerprint density at radius 3 is 2.54 bits per heavy atom. The summed E-state index contributed by atoms with van der Waals surface area (Å²) in [5, 5.41) is 4.23. The average molecular weight is 377 g/mol. The average Bonchev–Trinajstić information content (AvgIpc) is 3.14. The molecule has 2 aromatic carbocycles. The van der Waals surface area contributed by atoms with Crippen molar-refractivity contribution >= 4 is 16.7 Å². The third-order valence-corrected chi connectivity index (χ3v) is 4.62. The van der Waals surface area contributed by atoms with Gasteiger partial charge in [-0.1, -0.05) is 12.1 Å². The Hall–Kier alpha value is -3.48. The van der Waals surface area contributed by atoms with Crippen LogP contribution in [0.25, 0.3) is 22.0 Å². The molecule has 2 aromatic heterocycles. The van der Waals surface area contributed by atoms with Crippen LogP contribution < -0.4 is 10.1 Å². The lowest BCUT2D eigenvalue weighted by Gasteiger charge is -2.16. The van der Waals surface area contributed by atoms with Crippen molar-refractivity contribution in [3.05, 3.63) is 66.8 Å². The number of hydrogen-bond donors (Lipinski definition) is 1. The molecule has 2 heterocycles. The van der Waals surface area contributed by atoms with Gasteiger partial charge in [-0.3, -0.25) is 0 Å². The van der Waals surface area contributed by atoms with Gasteiger partial charge in [-0.25, -0.2) is 19.3 Å². The molecule has 142 valence electrons. The van der Waals surface area contributed by atoms with Gasteiger partial charge in [-0.05, 0) is 42.3 Å². The fraction of sp³-hybridized carbons (Fsp3) is 0.190. The second kappa shape index (κ2) is 7.26. The quantitative estimate of drug-likeness (QED) is 0.560. The Labute approximate surface area is 162 Å². The van der Waals surface area contributed by atoms with Gasteiger partial charge < -0.3 is 14.6 Å². The highest BCUT2D eigenvalue weighted by Crippen LogP contribution is 2.34. The number of hydrogen-bond acceptors (Lipinski definition) is 5. The van der Waals surface area contributed by atoms with Crippen molar-refractivity contribution in [2.75, 3.05) is 12.4 Å². The van der Waals surface area contributed by atoms with Gasteiger partial charge in [-0.15, -0.1) is 0 Å². The molecule has 1 N–H and O–H groups in total. The second-order valence-corrected chi connectivity index (χ2v) is 6.63. The molecule has 1 unspecified atom stereocenters. The molecule has 4 aromatic rings. The number of aryl methyl sites for hydroxylation is 1. The van der Waals surface area contributed by atoms with Gasteiger partial charge in [0.05, 0.1) is 25.2 Å². The smallest absolute Gasteiger partial charge is 0.145 e. The molecule has 7 heteroatoms. The van der Waals surface area contributed by atoms with Crippen LogP contribution in [0.1, 0.15) is 18.7 Å². The minimum atomic E-state index is -0.272. The fourth-order valence-corrected chi connectivity index (χ4v) is 3.15. The zero-order valence-corrected chi connectivity index (χ0v) is 15.8. The van der Waals surface area contributed by atoms with E-state index >= 15 is 0 Å². The van der Waals surface area contributed by atoms with E-state index in [0.29, 0.717) is 17.1 Å². The molecule has 0 amide bonds. The normalized spacial score (nSPS) is 12.1. The standard InChI is InChI=1S/C21H20FN5O/c1-13(18-10-27(2)12-25-18)26-21-17-8-15(14-4-6-16(22)7-5-14)9-19(28-3)20(17)23-11-24-21/h4-13H,1-3H3,(H,23,24,26). The number of ether oxygens (including phenoxy) is 1. The fourth-order valence-electron chi connectivity index (χ4n) is 3.15. The first kappa shape index (κ1) is 17.9. The number of nitrogens with one attached hydrogen (secondary N) is 1. The van der Waals surface area contributed by atoms with Crippen molar-refractivity contribution in [1.29, 1.82) is 0 Å². The van der Waals surface area contributed by atoms with Gasteiger partial charge in [0.1, 0.15) is 29.2 Å². The van der Waals surface area contributed by atoms with Crippen LogP contribution in [0.4, 0.5) is 10.2 Å². The monoisotopic (exact) mass is 377 g/mol. The number of nitrogens with zero attached hydrogens (tertiary/aromatic N) is 4. The Morgan fingerprint density at radius 1 is 1.07 bits per heavy atom. The van der Waals surface area contributed by atoms with Crippen LogP contribution >= 0.6 is 0 Å². The number of fused-ring (bicyclic) bond motifs is 1. The van der Waals surface area contributed by atoms with Crippen LogP contribution in [-0.4, -0.2) is 26.6 Å². The molecule has 28 heavy (non-hydrogen) atoms. The lowest BCUT2D eigenvalue weighted by molar-refractivity contribution is 0.419. The number of aromatic nitrogens is 4. The summed E-state index contributed by atoms with van der Waals surface area (Å²) in [6.45, 7) is 2.03. The summed E-state index contributed by atoms with van der Waals surface area (Å²) in [4.78, 5) is 13.2. The highest BCUT2D eigenvalue weighted by molar-refractivity contribution is 5.96. The molecule has 0 radical (unpaired) electrons. The molecule has 0 bridgehead atoms. The lowest BCUT2D eigenvalue weighted by Crippen LogP contribution is -2.09. The molecule has 0 aliphatic heterocycles. The summed E-state index contributed by atoms with van der Waals surface area (Å²) in [5.41, 5.74) is 3.40. The molecule has 0 aliphatic rings. The summed E-state index contributed by atoms with van der Waals surface area (Å²) < 4.78 is 20.8. The summed E-state index contributed by atoms with van der Waals surface area (Å²) in [6, 6.07) is 10.2. The Balaban J connectivity index is 1.80. The predicted molar refractivity (Wildman–Crippen MR) is 107 cm³/mol. The Bertz CT molecular complexity index is 1120. The molecule has 4 rings (SSSR count). The molecule has 0 spiro atoms. The maximum absolute atomic E-state index is 13.3. The van der Waals surface area contributed by atoms with Crippen molar-refractivity contribution < 1.29 is 9.13 Å². The first-order valence-electron chi connectivity index (χ1n) is 8.88. The molecule has 0 saturated carbocycles. The van der Waals surface area contributed by atoms with Crippen LogP contribution in [0.2, 0.25) is 0 Å². The maximum Gasteiger partial charge on any atom is 0.145 e. The first-order chi connectivity index (χ1) is 13.5. The summed E-state index contributed by atoms with van der Waals surface area (Å²) in [7, 11) is 3.54. The van der Waals surface area contributed by atoms with Crippen molar-refractivity contribution in [3.63, 3.8) is 0 Å². The van der Waals surface area contributed by atoms with Crippen LogP contribution in [0.3, 0.4) is 0 Å². The van der Waals surface area contributed by atoms with Crippen LogP contribution in [0, 0.1) is 5.82 Å². The van der Waals surface area contributed by atoms with Crippen molar-refractivity contribution in [1.82, 2.24) is 19.5 Å². The number of imidazole rings is 1. The molecule has 1 atom stereocenters. The molecule has 0 aliphatic carbocycles. The van der Waals surface area contributed by atoms with Crippen LogP contribution in [0.15, 0.2) is 55.2 Å². The van der Waals surface area contributed by atoms with Crippen LogP contribution in [0.5, 0.6) is 5.75 Å². The van der Waals surface area contributed by atoms with Gasteiger partial charge in [0.2, 0.25) is 0 Å². The summed E-state index contributed by atoms with van der Waals surface area (Å²) in [6.07, 6.45) is 5.24. The van der Waals surface area contributed by atoms with E-state index in [4.69, 9.17) is 4.74 Å². The van der Waals surface area contributed by atoms with E-state index in [0.717, 1.165) is 22.2 Å². The van der Waals surface area contributed by atoms with Crippen LogP contribution in [-0.2, 0) is 7.05 Å². The summed E-state index contributed by atoms with van der Waals surface area (Å²) >= 11 is 0. The zero-order valence-electron chi connectivity index (χ0n) is 15.8. The minimum absolute atomic E-state index is 0.0419. The largest absolute Gasteiger partial charge is 0.494 e. The van der Waals surface area contributed by atoms with Crippen molar-refractivity contribution in [2.24, 2.45) is 7.05 Å². The highest BCUT2D eigenvalue weighted by atomic mass is 19.1. The molecular weight excluding hydrogens is 357 g/mol. The van der Waals surface area contributed by atoms with Gasteiger partial charge in [0.15, 0.2) is 0 Å². The van der Waals surface area contributed by atoms with E-state index in [-0.39, 0.29) is 11.9 Å². The molecule has 0 saturated heterocycles. The lowest BCUT2D eigenvalue weighted by atomic mass is 10.0. The van der Waals surface area contributed by atoms with E-state index < -0.39 is 0 Å². The topological polar surface area (TPSA) is 64.9 Å². The molecular formula is C21H20FN5O. The van der Waals surface area contributed by atoms with Crippen molar-refractivity contribution in [3.8, 4) is 16.9 Å². The summed E-state index contributed by atoms with van der Waals surface area (Å²) in [5.74, 6) is 1.05. The third-order valence-electron chi connectivity index (χ3n) is 4.62. The van der Waals surface area contributed by atoms with Gasteiger partial charge in [0, 0.05) is 18.6 Å². The van der Waals surface area contributed by atoms with Crippen molar-refractivity contribution in [2.45, 2.75) is 13.0 Å². The molecule has 0 fully saturated rings. The number of halogens is 1. The van der Waals surface area contributed by atoms with Gasteiger partial charge >= 0.3 is 0 Å². The Morgan fingerprint density at radius 2 is 1.86 bits per heavy atom. The zero-order chi connectivity index (χ0) is 19.7. The Kier molecular flexibility index (Phi) is 4.65. The van der Waals surface area contributed by atoms with E-state index in [1.54, 1.807) is 25.6 Å². The minimum Gasteiger partial charge on any atom is -0.494 e. The van der Waals surface area contributed by atoms with Gasteiger partial charge in [0.25, 0.3) is 0 Å². The predicted octanol–water partition coefficient (Wildman–Crippen LogP) is 4.35. The number of anilines is 1. The highest BCUT2D eigenvalue weighted by Gasteiger charge is 2.15. The third kappa shape index (κ3) is 3.38. The number of methoxy groups -OCH3 is 1. The number of rotatable bonds is 5. The molecule has 6 nitrogen and oxygen atoms in total. The van der Waals surface area contributed by atoms with E-state index in [1.165, 1.54) is 18.5 Å². The number of benzene rings is 2.